The third kappa shape index (κ3) is 3.86. The van der Waals surface area contributed by atoms with Gasteiger partial charge in [0.2, 0.25) is 5.91 Å². The molecule has 1 aliphatic heterocycles. The molecular formula is C24H23ClFN5O3. The fraction of sp³-hybridized carbons (Fsp3) is 0.292. The number of aromatic nitrogens is 1. The van der Waals surface area contributed by atoms with Gasteiger partial charge in [-0.15, -0.1) is 0 Å². The van der Waals surface area contributed by atoms with Crippen molar-refractivity contribution < 1.29 is 18.8 Å². The monoisotopic (exact) mass is 483 g/mol. The Morgan fingerprint density at radius 1 is 1.09 bits per heavy atom. The maximum Gasteiger partial charge on any atom is 0.325 e. The standard InChI is InChI=1S/C24H23ClFN5O3/c1-27-23(33)30-12-17(15-6-2-3-8-18(15)30)29-24(34)31-19-9-14(19)10-20(31)22(32)28-11-13-5-4-7-16(25)21(13)26/h2-8,12,14,19-20H,9-11H2,1H3,(H,27,33)(H,28,32)(H,29,34)/t14-,19-,20+/m1/s1. The Balaban J connectivity index is 1.33. The highest BCUT2D eigenvalue weighted by atomic mass is 35.5. The maximum atomic E-state index is 14.2. The summed E-state index contributed by atoms with van der Waals surface area (Å²) in [6.45, 7) is -0.0217. The van der Waals surface area contributed by atoms with E-state index < -0.39 is 17.9 Å². The van der Waals surface area contributed by atoms with Crippen LogP contribution in [0.25, 0.3) is 10.9 Å². The lowest BCUT2D eigenvalue weighted by Gasteiger charge is -2.27. The number of hydrogen-bond donors (Lipinski definition) is 3. The van der Waals surface area contributed by atoms with Crippen LogP contribution in [-0.4, -0.2) is 46.6 Å². The lowest BCUT2D eigenvalue weighted by Crippen LogP contribution is -2.49. The largest absolute Gasteiger partial charge is 0.350 e. The SMILES string of the molecule is CNC(=O)n1cc(NC(=O)N2[C@@H]3C[C@@H]3C[C@H]2C(=O)NCc2cccc(Cl)c2F)c2ccccc21. The number of fused-ring (bicyclic) bond motifs is 2. The Morgan fingerprint density at radius 2 is 1.88 bits per heavy atom. The molecule has 0 unspecified atom stereocenters. The van der Waals surface area contributed by atoms with Crippen LogP contribution in [0.3, 0.4) is 0 Å². The number of hydrogen-bond acceptors (Lipinski definition) is 3. The lowest BCUT2D eigenvalue weighted by molar-refractivity contribution is -0.125. The van der Waals surface area contributed by atoms with Crippen LogP contribution in [-0.2, 0) is 11.3 Å². The Bertz CT molecular complexity index is 1310. The number of anilines is 1. The second kappa shape index (κ2) is 8.64. The van der Waals surface area contributed by atoms with E-state index in [1.165, 1.54) is 17.7 Å². The Hall–Kier alpha value is -3.59. The number of nitrogens with one attached hydrogen (secondary N) is 3. The van der Waals surface area contributed by atoms with Gasteiger partial charge in [0.05, 0.1) is 16.2 Å². The summed E-state index contributed by atoms with van der Waals surface area (Å²) in [6, 6.07) is 10.5. The van der Waals surface area contributed by atoms with Crippen LogP contribution in [0.5, 0.6) is 0 Å². The van der Waals surface area contributed by atoms with Crippen LogP contribution >= 0.6 is 11.6 Å². The smallest absolute Gasteiger partial charge is 0.325 e. The van der Waals surface area contributed by atoms with Crippen molar-refractivity contribution in [1.29, 1.82) is 0 Å². The molecule has 1 aromatic heterocycles. The van der Waals surface area contributed by atoms with Gasteiger partial charge in [0, 0.05) is 36.8 Å². The van der Waals surface area contributed by atoms with Crippen molar-refractivity contribution in [3.05, 3.63) is 65.1 Å². The van der Waals surface area contributed by atoms with Gasteiger partial charge in [-0.2, -0.15) is 0 Å². The van der Waals surface area contributed by atoms with E-state index in [2.05, 4.69) is 16.0 Å². The van der Waals surface area contributed by atoms with Gasteiger partial charge < -0.3 is 20.9 Å². The van der Waals surface area contributed by atoms with Gasteiger partial charge in [0.25, 0.3) is 0 Å². The highest BCUT2D eigenvalue weighted by molar-refractivity contribution is 6.30. The molecule has 34 heavy (non-hydrogen) atoms. The normalized spacial score (nSPS) is 20.7. The minimum Gasteiger partial charge on any atom is -0.350 e. The van der Waals surface area contributed by atoms with Crippen molar-refractivity contribution in [2.45, 2.75) is 31.5 Å². The summed E-state index contributed by atoms with van der Waals surface area (Å²) in [7, 11) is 1.53. The first-order chi connectivity index (χ1) is 16.4. The highest BCUT2D eigenvalue weighted by Crippen LogP contribution is 2.48. The van der Waals surface area contributed by atoms with Crippen LogP contribution in [0.1, 0.15) is 18.4 Å². The number of nitrogens with zero attached hydrogens (tertiary/aromatic N) is 2. The molecule has 4 amide bonds. The van der Waals surface area contributed by atoms with Crippen LogP contribution < -0.4 is 16.0 Å². The average molecular weight is 484 g/mol. The van der Waals surface area contributed by atoms with Crippen LogP contribution in [0.2, 0.25) is 5.02 Å². The summed E-state index contributed by atoms with van der Waals surface area (Å²) >= 11 is 5.82. The second-order valence-electron chi connectivity index (χ2n) is 8.57. The van der Waals surface area contributed by atoms with Crippen LogP contribution in [0.15, 0.2) is 48.7 Å². The third-order valence-electron chi connectivity index (χ3n) is 6.51. The molecule has 5 rings (SSSR count). The maximum absolute atomic E-state index is 14.2. The van der Waals surface area contributed by atoms with Gasteiger partial charge in [-0.1, -0.05) is 41.9 Å². The molecule has 2 aliphatic rings. The molecule has 2 aromatic carbocycles. The van der Waals surface area contributed by atoms with Gasteiger partial charge in [-0.05, 0) is 30.9 Å². The first-order valence-corrected chi connectivity index (χ1v) is 11.4. The van der Waals surface area contributed by atoms with Crippen molar-refractivity contribution in [1.82, 2.24) is 20.1 Å². The predicted octanol–water partition coefficient (Wildman–Crippen LogP) is 3.93. The first-order valence-electron chi connectivity index (χ1n) is 11.0. The van der Waals surface area contributed by atoms with E-state index in [9.17, 15) is 18.8 Å². The van der Waals surface area contributed by atoms with Gasteiger partial charge in [-0.25, -0.2) is 14.0 Å². The number of amides is 4. The molecule has 8 nitrogen and oxygen atoms in total. The van der Waals surface area contributed by atoms with Crippen molar-refractivity contribution in [2.24, 2.45) is 5.92 Å². The fourth-order valence-corrected chi connectivity index (χ4v) is 4.91. The average Bonchev–Trinajstić information content (AvgIpc) is 3.35. The molecule has 3 N–H and O–H groups in total. The molecule has 1 aliphatic carbocycles. The zero-order valence-electron chi connectivity index (χ0n) is 18.3. The van der Waals surface area contributed by atoms with E-state index in [0.29, 0.717) is 23.0 Å². The van der Waals surface area contributed by atoms with Crippen molar-refractivity contribution in [2.75, 3.05) is 12.4 Å². The molecule has 0 bridgehead atoms. The number of carbonyl (C=O) groups excluding carboxylic acids is 3. The zero-order chi connectivity index (χ0) is 24.0. The van der Waals surface area contributed by atoms with E-state index in [1.807, 2.05) is 18.2 Å². The number of benzene rings is 2. The van der Waals surface area contributed by atoms with E-state index >= 15 is 0 Å². The van der Waals surface area contributed by atoms with E-state index in [0.717, 1.165) is 6.42 Å². The van der Waals surface area contributed by atoms with Crippen molar-refractivity contribution in [3.8, 4) is 0 Å². The molecule has 10 heteroatoms. The fourth-order valence-electron chi connectivity index (χ4n) is 4.72. The molecule has 1 saturated heterocycles. The quantitative estimate of drug-likeness (QED) is 0.524. The summed E-state index contributed by atoms with van der Waals surface area (Å²) in [5, 5.41) is 8.91. The molecule has 3 aromatic rings. The number of para-hydroxylation sites is 1. The van der Waals surface area contributed by atoms with Gasteiger partial charge in [-0.3, -0.25) is 9.36 Å². The molecule has 1 saturated carbocycles. The minimum absolute atomic E-state index is 0.00838. The van der Waals surface area contributed by atoms with E-state index in [1.54, 1.807) is 29.3 Å². The molecule has 2 heterocycles. The third-order valence-corrected chi connectivity index (χ3v) is 6.80. The Morgan fingerprint density at radius 3 is 2.68 bits per heavy atom. The predicted molar refractivity (Wildman–Crippen MR) is 126 cm³/mol. The molecule has 3 atom stereocenters. The summed E-state index contributed by atoms with van der Waals surface area (Å²) in [6.07, 6.45) is 2.97. The molecule has 2 fully saturated rings. The van der Waals surface area contributed by atoms with Crippen molar-refractivity contribution >= 4 is 46.2 Å². The summed E-state index contributed by atoms with van der Waals surface area (Å²) in [5.74, 6) is -0.632. The topological polar surface area (TPSA) is 95.5 Å². The lowest BCUT2D eigenvalue weighted by atomic mass is 10.1. The highest BCUT2D eigenvalue weighted by Gasteiger charge is 2.56. The number of urea groups is 1. The summed E-state index contributed by atoms with van der Waals surface area (Å²) in [5.41, 5.74) is 1.41. The first kappa shape index (κ1) is 22.2. The number of likely N-dealkylation sites (tertiary alicyclic amines) is 1. The van der Waals surface area contributed by atoms with Gasteiger partial charge in [0.1, 0.15) is 11.9 Å². The van der Waals surface area contributed by atoms with Gasteiger partial charge in [0.15, 0.2) is 0 Å². The number of piperidine rings is 1. The van der Waals surface area contributed by atoms with Gasteiger partial charge >= 0.3 is 12.1 Å². The molecular weight excluding hydrogens is 461 g/mol. The minimum atomic E-state index is -0.654. The number of halogens is 2. The zero-order valence-corrected chi connectivity index (χ0v) is 19.1. The number of carbonyl (C=O) groups is 3. The Kier molecular flexibility index (Phi) is 5.65. The molecule has 0 radical (unpaired) electrons. The Labute approximate surface area is 200 Å². The van der Waals surface area contributed by atoms with Crippen LogP contribution in [0.4, 0.5) is 19.7 Å². The van der Waals surface area contributed by atoms with Crippen LogP contribution in [0, 0.1) is 11.7 Å². The number of rotatable bonds is 4. The van der Waals surface area contributed by atoms with Crippen molar-refractivity contribution in [3.63, 3.8) is 0 Å². The second-order valence-corrected chi connectivity index (χ2v) is 8.98. The van der Waals surface area contributed by atoms with E-state index in [4.69, 9.17) is 11.6 Å². The summed E-state index contributed by atoms with van der Waals surface area (Å²) < 4.78 is 15.6. The van der Waals surface area contributed by atoms with E-state index in [-0.39, 0.29) is 41.0 Å². The molecule has 176 valence electrons. The summed E-state index contributed by atoms with van der Waals surface area (Å²) in [4.78, 5) is 40.1. The molecule has 0 spiro atoms.